The summed E-state index contributed by atoms with van der Waals surface area (Å²) in [5.41, 5.74) is 4.71. The fourth-order valence-electron chi connectivity index (χ4n) is 5.16. The van der Waals surface area contributed by atoms with E-state index in [4.69, 9.17) is 16.9 Å². The zero-order valence-electron chi connectivity index (χ0n) is 15.2. The average Bonchev–Trinajstić information content (AvgIpc) is 2.91. The first-order valence-electron chi connectivity index (χ1n) is 8.83. The number of alkyl halides is 1. The highest BCUT2D eigenvalue weighted by molar-refractivity contribution is 6.33. The summed E-state index contributed by atoms with van der Waals surface area (Å²) >= 11 is 6.86. The molecule has 4 heteroatoms. The Labute approximate surface area is 154 Å². The summed E-state index contributed by atoms with van der Waals surface area (Å²) in [4.78, 5) is 12.9. The maximum absolute atomic E-state index is 12.9. The molecule has 3 nitrogen and oxygen atoms in total. The molecule has 4 rings (SSSR count). The van der Waals surface area contributed by atoms with Gasteiger partial charge in [-0.05, 0) is 34.8 Å². The van der Waals surface area contributed by atoms with Gasteiger partial charge in [-0.2, -0.15) is 7.05 Å². The van der Waals surface area contributed by atoms with Crippen LogP contribution in [-0.2, 0) is 10.2 Å². The van der Waals surface area contributed by atoms with Gasteiger partial charge in [-0.15, -0.1) is 24.2 Å². The van der Waals surface area contributed by atoms with Crippen molar-refractivity contribution in [2.45, 2.75) is 44.0 Å². The molecular weight excluding hydrogens is 332 g/mol. The van der Waals surface area contributed by atoms with Gasteiger partial charge in [-0.3, -0.25) is 4.79 Å². The van der Waals surface area contributed by atoms with Crippen LogP contribution in [-0.4, -0.2) is 24.4 Å². The van der Waals surface area contributed by atoms with Crippen LogP contribution in [0.15, 0.2) is 36.4 Å². The lowest BCUT2D eigenvalue weighted by Gasteiger charge is -2.59. The van der Waals surface area contributed by atoms with Gasteiger partial charge < -0.3 is 10.6 Å². The Hall–Kier alpha value is -1.58. The zero-order valence-corrected chi connectivity index (χ0v) is 15.9. The number of likely N-dealkylation sites (N-methyl/N-ethyl adjacent to an activating group) is 1. The minimum atomic E-state index is -0.361. The van der Waals surface area contributed by atoms with Crippen LogP contribution in [0.25, 0.3) is 10.9 Å². The Bertz CT molecular complexity index is 825. The van der Waals surface area contributed by atoms with E-state index in [1.165, 1.54) is 5.56 Å². The van der Waals surface area contributed by atoms with Crippen LogP contribution < -0.4 is 5.32 Å². The van der Waals surface area contributed by atoms with Crippen LogP contribution in [0.1, 0.15) is 38.3 Å². The molecule has 0 spiro atoms. The second-order valence-corrected chi connectivity index (χ2v) is 8.75. The normalized spacial score (nSPS) is 35.1. The maximum atomic E-state index is 12.9. The number of nitrogens with zero attached hydrogens (tertiary/aromatic N) is 1. The van der Waals surface area contributed by atoms with Crippen molar-refractivity contribution >= 4 is 28.8 Å². The Morgan fingerprint density at radius 2 is 2.08 bits per heavy atom. The van der Waals surface area contributed by atoms with Crippen LogP contribution in [0.2, 0.25) is 0 Å². The molecule has 0 bridgehead atoms. The third-order valence-electron chi connectivity index (χ3n) is 6.72. The van der Waals surface area contributed by atoms with E-state index < -0.39 is 0 Å². The third-order valence-corrected chi connectivity index (χ3v) is 7.37. The molecule has 1 fully saturated rings. The van der Waals surface area contributed by atoms with E-state index >= 15 is 0 Å². The van der Waals surface area contributed by atoms with Crippen LogP contribution in [0.5, 0.6) is 0 Å². The molecule has 1 amide bonds. The van der Waals surface area contributed by atoms with Crippen LogP contribution >= 0.6 is 11.6 Å². The smallest absolute Gasteiger partial charge is 0.256 e. The van der Waals surface area contributed by atoms with Crippen molar-refractivity contribution in [1.29, 1.82) is 0 Å². The summed E-state index contributed by atoms with van der Waals surface area (Å²) < 4.78 is 0. The van der Waals surface area contributed by atoms with Crippen molar-refractivity contribution in [2.75, 3.05) is 12.4 Å². The molecular formula is C21H24ClN2O-. The van der Waals surface area contributed by atoms with E-state index in [2.05, 4.69) is 38.7 Å². The first-order chi connectivity index (χ1) is 11.8. The minimum Gasteiger partial charge on any atom is -0.658 e. The third kappa shape index (κ3) is 1.94. The molecule has 1 saturated carbocycles. The average molecular weight is 356 g/mol. The van der Waals surface area contributed by atoms with Gasteiger partial charge in [0.05, 0.1) is 0 Å². The summed E-state index contributed by atoms with van der Waals surface area (Å²) in [5, 5.41) is 7.69. The van der Waals surface area contributed by atoms with Crippen molar-refractivity contribution in [3.05, 3.63) is 52.9 Å². The molecule has 3 aliphatic rings. The number of hydrogen-bond donors (Lipinski definition) is 1. The molecule has 1 aromatic carbocycles. The van der Waals surface area contributed by atoms with Crippen molar-refractivity contribution in [3.8, 4) is 0 Å². The summed E-state index contributed by atoms with van der Waals surface area (Å²) in [6.07, 6.45) is 2.74. The zero-order chi connectivity index (χ0) is 18.1. The van der Waals surface area contributed by atoms with Crippen LogP contribution in [0, 0.1) is 11.3 Å². The number of halogens is 1. The quantitative estimate of drug-likeness (QED) is 0.596. The van der Waals surface area contributed by atoms with Crippen molar-refractivity contribution in [3.63, 3.8) is 0 Å². The molecule has 1 aromatic rings. The van der Waals surface area contributed by atoms with E-state index in [1.807, 2.05) is 25.3 Å². The van der Waals surface area contributed by atoms with Gasteiger partial charge in [0, 0.05) is 22.2 Å². The second kappa shape index (κ2) is 5.21. The van der Waals surface area contributed by atoms with Gasteiger partial charge >= 0.3 is 0 Å². The number of nitrogens with one attached hydrogen (secondary N) is 1. The Morgan fingerprint density at radius 1 is 1.36 bits per heavy atom. The second-order valence-electron chi connectivity index (χ2n) is 8.22. The van der Waals surface area contributed by atoms with E-state index in [1.54, 1.807) is 0 Å². The molecule has 0 radical (unpaired) electrons. The largest absolute Gasteiger partial charge is 0.658 e. The van der Waals surface area contributed by atoms with Crippen LogP contribution in [0.4, 0.5) is 5.69 Å². The highest BCUT2D eigenvalue weighted by Gasteiger charge is 2.53. The topological polar surface area (TPSA) is 43.2 Å². The number of amides is 1. The Kier molecular flexibility index (Phi) is 3.52. The molecule has 0 unspecified atom stereocenters. The molecule has 1 aliphatic heterocycles. The van der Waals surface area contributed by atoms with Gasteiger partial charge in [0.25, 0.3) is 5.91 Å². The number of rotatable bonds is 2. The number of carbonyl (C=O) groups is 1. The van der Waals surface area contributed by atoms with Crippen LogP contribution in [0.3, 0.4) is 0 Å². The maximum Gasteiger partial charge on any atom is 0.256 e. The van der Waals surface area contributed by atoms with E-state index in [-0.39, 0.29) is 34.1 Å². The monoisotopic (exact) mass is 355 g/mol. The summed E-state index contributed by atoms with van der Waals surface area (Å²) in [7, 11) is 1.83. The van der Waals surface area contributed by atoms with Crippen molar-refractivity contribution in [2.24, 2.45) is 11.3 Å². The highest BCUT2D eigenvalue weighted by Crippen LogP contribution is 2.60. The summed E-state index contributed by atoms with van der Waals surface area (Å²) in [5.74, 6) is 0.185. The molecule has 25 heavy (non-hydrogen) atoms. The van der Waals surface area contributed by atoms with E-state index in [0.717, 1.165) is 28.8 Å². The van der Waals surface area contributed by atoms with Gasteiger partial charge in [-0.1, -0.05) is 44.6 Å². The summed E-state index contributed by atoms with van der Waals surface area (Å²) in [6, 6.07) is 6.03. The molecule has 1 heterocycles. The number of anilines is 1. The predicted octanol–water partition coefficient (Wildman–Crippen LogP) is 4.88. The molecule has 132 valence electrons. The summed E-state index contributed by atoms with van der Waals surface area (Å²) in [6.45, 7) is 10.7. The first kappa shape index (κ1) is 16.9. The lowest BCUT2D eigenvalue weighted by atomic mass is 9.53. The number of hydrogen-bond acceptors (Lipinski definition) is 1. The van der Waals surface area contributed by atoms with Gasteiger partial charge in [-0.25, -0.2) is 0 Å². The van der Waals surface area contributed by atoms with E-state index in [9.17, 15) is 4.79 Å². The van der Waals surface area contributed by atoms with Crippen molar-refractivity contribution < 1.29 is 4.79 Å². The lowest BCUT2D eigenvalue weighted by Crippen LogP contribution is -2.52. The molecule has 0 saturated heterocycles. The highest BCUT2D eigenvalue weighted by atomic mass is 35.5. The number of benzene rings is 1. The lowest BCUT2D eigenvalue weighted by molar-refractivity contribution is -0.110. The van der Waals surface area contributed by atoms with Gasteiger partial charge in [0.15, 0.2) is 0 Å². The van der Waals surface area contributed by atoms with Gasteiger partial charge in [0.2, 0.25) is 0 Å². The van der Waals surface area contributed by atoms with E-state index in [0.29, 0.717) is 0 Å². The standard InChI is InChI=1S/C21H24ClN2O/c1-6-21(4)14(22)10-12-16(18(21)23-5)17-15-11(20(12,2)3)8-7-9-13(15)24-19(17)25/h6-9,12,14,18H,1,10H2,2-5H3,(H,24,25)/q-1/t12-,14+,18-,21-/m0/s1. The fourth-order valence-corrected chi connectivity index (χ4v) is 5.55. The minimum absolute atomic E-state index is 0.00830. The molecule has 2 aliphatic carbocycles. The fraction of sp³-hybridized carbons (Fsp3) is 0.476. The molecule has 4 atom stereocenters. The number of fused-ring (bicyclic) bond motifs is 1. The first-order valence-corrected chi connectivity index (χ1v) is 9.27. The molecule has 0 aromatic heterocycles. The van der Waals surface area contributed by atoms with Gasteiger partial charge in [0.1, 0.15) is 0 Å². The van der Waals surface area contributed by atoms with Crippen molar-refractivity contribution in [1.82, 2.24) is 0 Å². The SMILES string of the molecule is C=C[C@@]1(C)[C@H](Cl)C[C@H]2C(=C3C(=O)Nc4cccc(c43)C2(C)C)[C@@H]1[N-]C. The number of carbonyl (C=O) groups excluding carboxylic acids is 1. The predicted molar refractivity (Wildman–Crippen MR) is 104 cm³/mol. The molecule has 1 N–H and O–H groups in total. The Balaban J connectivity index is 2.08. The Morgan fingerprint density at radius 3 is 2.72 bits per heavy atom.